The van der Waals surface area contributed by atoms with Crippen molar-refractivity contribution in [1.29, 1.82) is 0 Å². The predicted octanol–water partition coefficient (Wildman–Crippen LogP) is 4.38. The molecule has 134 valence electrons. The number of nitrogens with one attached hydrogen (secondary N) is 1. The SMILES string of the molecule is CC(C)c1ccc(S(=O)(=O)Nc2cccc(SC(=O)N(C)C)c2)cc1. The maximum absolute atomic E-state index is 12.5. The van der Waals surface area contributed by atoms with Crippen molar-refractivity contribution >= 4 is 32.7 Å². The molecule has 0 fully saturated rings. The van der Waals surface area contributed by atoms with E-state index in [1.807, 2.05) is 12.1 Å². The molecule has 1 amide bonds. The standard InChI is InChI=1S/C18H22N2O3S2/c1-13(2)14-8-10-17(11-9-14)25(22,23)19-15-6-5-7-16(12-15)24-18(21)20(3)4/h5-13,19H,1-4H3. The second-order valence-corrected chi connectivity index (χ2v) is 8.83. The van der Waals surface area contributed by atoms with E-state index in [2.05, 4.69) is 18.6 Å². The molecule has 0 aliphatic rings. The molecule has 0 atom stereocenters. The molecule has 2 aromatic carbocycles. The van der Waals surface area contributed by atoms with Crippen LogP contribution in [-0.2, 0) is 10.0 Å². The average molecular weight is 379 g/mol. The molecule has 5 nitrogen and oxygen atoms in total. The first kappa shape index (κ1) is 19.3. The van der Waals surface area contributed by atoms with Crippen LogP contribution in [0, 0.1) is 0 Å². The number of benzene rings is 2. The molecule has 7 heteroatoms. The Kier molecular flexibility index (Phi) is 6.13. The Morgan fingerprint density at radius 3 is 2.28 bits per heavy atom. The summed E-state index contributed by atoms with van der Waals surface area (Å²) in [6.07, 6.45) is 0. The molecule has 0 aliphatic heterocycles. The molecule has 0 saturated carbocycles. The molecular weight excluding hydrogens is 356 g/mol. The molecule has 0 aliphatic carbocycles. The van der Waals surface area contributed by atoms with E-state index in [-0.39, 0.29) is 10.1 Å². The monoisotopic (exact) mass is 378 g/mol. The summed E-state index contributed by atoms with van der Waals surface area (Å²) in [4.78, 5) is 14.1. The van der Waals surface area contributed by atoms with Crippen LogP contribution in [0.5, 0.6) is 0 Å². The van der Waals surface area contributed by atoms with Crippen LogP contribution in [0.2, 0.25) is 0 Å². The first-order valence-corrected chi connectivity index (χ1v) is 10.1. The molecule has 0 unspecified atom stereocenters. The zero-order valence-corrected chi connectivity index (χ0v) is 16.3. The van der Waals surface area contributed by atoms with Crippen molar-refractivity contribution in [2.75, 3.05) is 18.8 Å². The number of rotatable bonds is 5. The van der Waals surface area contributed by atoms with E-state index in [4.69, 9.17) is 0 Å². The normalized spacial score (nSPS) is 11.4. The lowest BCUT2D eigenvalue weighted by molar-refractivity contribution is 0.241. The summed E-state index contributed by atoms with van der Waals surface area (Å²) >= 11 is 1.05. The van der Waals surface area contributed by atoms with Crippen molar-refractivity contribution in [3.63, 3.8) is 0 Å². The fraction of sp³-hybridized carbons (Fsp3) is 0.278. The number of nitrogens with zero attached hydrogens (tertiary/aromatic N) is 1. The smallest absolute Gasteiger partial charge is 0.285 e. The Morgan fingerprint density at radius 2 is 1.72 bits per heavy atom. The lowest BCUT2D eigenvalue weighted by atomic mass is 10.0. The minimum absolute atomic E-state index is 0.121. The van der Waals surface area contributed by atoms with Crippen molar-refractivity contribution in [1.82, 2.24) is 4.90 Å². The Bertz CT molecular complexity index is 845. The molecule has 0 radical (unpaired) electrons. The second kappa shape index (κ2) is 7.93. The molecular formula is C18H22N2O3S2. The van der Waals surface area contributed by atoms with E-state index in [9.17, 15) is 13.2 Å². The highest BCUT2D eigenvalue weighted by Crippen LogP contribution is 2.25. The minimum Gasteiger partial charge on any atom is -0.339 e. The van der Waals surface area contributed by atoms with Gasteiger partial charge in [-0.15, -0.1) is 0 Å². The van der Waals surface area contributed by atoms with Gasteiger partial charge in [0.15, 0.2) is 0 Å². The van der Waals surface area contributed by atoms with Crippen LogP contribution >= 0.6 is 11.8 Å². The van der Waals surface area contributed by atoms with Crippen molar-refractivity contribution in [3.05, 3.63) is 54.1 Å². The van der Waals surface area contributed by atoms with Gasteiger partial charge in [-0.25, -0.2) is 8.42 Å². The van der Waals surface area contributed by atoms with Gasteiger partial charge in [0.05, 0.1) is 4.90 Å². The van der Waals surface area contributed by atoms with Crippen molar-refractivity contribution in [3.8, 4) is 0 Å². The van der Waals surface area contributed by atoms with Crippen LogP contribution in [0.15, 0.2) is 58.3 Å². The Morgan fingerprint density at radius 1 is 1.08 bits per heavy atom. The fourth-order valence-electron chi connectivity index (χ4n) is 2.06. The van der Waals surface area contributed by atoms with Gasteiger partial charge in [0.25, 0.3) is 15.3 Å². The molecule has 2 rings (SSSR count). The van der Waals surface area contributed by atoms with E-state index in [1.54, 1.807) is 50.5 Å². The fourth-order valence-corrected chi connectivity index (χ4v) is 3.83. The molecule has 0 bridgehead atoms. The maximum atomic E-state index is 12.5. The van der Waals surface area contributed by atoms with E-state index in [1.165, 1.54) is 4.90 Å². The van der Waals surface area contributed by atoms with Crippen molar-refractivity contribution in [2.45, 2.75) is 29.6 Å². The second-order valence-electron chi connectivity index (χ2n) is 6.12. The minimum atomic E-state index is -3.67. The number of hydrogen-bond donors (Lipinski definition) is 1. The molecule has 0 aromatic heterocycles. The predicted molar refractivity (Wildman–Crippen MR) is 103 cm³/mol. The van der Waals surface area contributed by atoms with Gasteiger partial charge in [0.1, 0.15) is 0 Å². The van der Waals surface area contributed by atoms with Crippen LogP contribution < -0.4 is 4.72 Å². The van der Waals surface area contributed by atoms with E-state index < -0.39 is 10.0 Å². The van der Waals surface area contributed by atoms with Crippen LogP contribution in [0.25, 0.3) is 0 Å². The maximum Gasteiger partial charge on any atom is 0.285 e. The van der Waals surface area contributed by atoms with Gasteiger partial charge < -0.3 is 4.90 Å². The molecule has 2 aromatic rings. The van der Waals surface area contributed by atoms with E-state index in [0.717, 1.165) is 17.3 Å². The number of thioether (sulfide) groups is 1. The molecule has 0 heterocycles. The molecule has 25 heavy (non-hydrogen) atoms. The van der Waals surface area contributed by atoms with Crippen LogP contribution in [-0.4, -0.2) is 32.7 Å². The summed E-state index contributed by atoms with van der Waals surface area (Å²) in [7, 11) is -0.333. The van der Waals surface area contributed by atoms with Gasteiger partial charge in [-0.2, -0.15) is 0 Å². The average Bonchev–Trinajstić information content (AvgIpc) is 2.54. The summed E-state index contributed by atoms with van der Waals surface area (Å²) in [5.74, 6) is 0.340. The topological polar surface area (TPSA) is 66.5 Å². The third-order valence-electron chi connectivity index (χ3n) is 3.51. The Labute approximate surface area is 153 Å². The highest BCUT2D eigenvalue weighted by atomic mass is 32.2. The highest BCUT2D eigenvalue weighted by molar-refractivity contribution is 8.13. The Hall–Kier alpha value is -1.99. The number of anilines is 1. The summed E-state index contributed by atoms with van der Waals surface area (Å²) in [6.45, 7) is 4.11. The number of carbonyl (C=O) groups excluding carboxylic acids is 1. The van der Waals surface area contributed by atoms with Crippen molar-refractivity contribution < 1.29 is 13.2 Å². The number of sulfonamides is 1. The third-order valence-corrected chi connectivity index (χ3v) is 5.94. The zero-order chi connectivity index (χ0) is 18.6. The lowest BCUT2D eigenvalue weighted by Gasteiger charge is -2.12. The van der Waals surface area contributed by atoms with Gasteiger partial charge in [0, 0.05) is 24.7 Å². The van der Waals surface area contributed by atoms with E-state index >= 15 is 0 Å². The quantitative estimate of drug-likeness (QED) is 0.784. The summed E-state index contributed by atoms with van der Waals surface area (Å²) in [5.41, 5.74) is 1.50. The first-order valence-electron chi connectivity index (χ1n) is 7.81. The summed E-state index contributed by atoms with van der Waals surface area (Å²) < 4.78 is 27.6. The van der Waals surface area contributed by atoms with Gasteiger partial charge in [-0.05, 0) is 53.6 Å². The van der Waals surface area contributed by atoms with Crippen molar-refractivity contribution in [2.24, 2.45) is 0 Å². The van der Waals surface area contributed by atoms with Gasteiger partial charge in [0.2, 0.25) is 0 Å². The van der Waals surface area contributed by atoms with Gasteiger partial charge >= 0.3 is 0 Å². The number of hydrogen-bond acceptors (Lipinski definition) is 4. The molecule has 1 N–H and O–H groups in total. The Balaban J connectivity index is 2.18. The summed E-state index contributed by atoms with van der Waals surface area (Å²) in [5, 5.41) is -0.121. The first-order chi connectivity index (χ1) is 11.7. The number of carbonyl (C=O) groups is 1. The van der Waals surface area contributed by atoms with Crippen LogP contribution in [0.4, 0.5) is 10.5 Å². The number of amides is 1. The third kappa shape index (κ3) is 5.24. The molecule has 0 spiro atoms. The zero-order valence-electron chi connectivity index (χ0n) is 14.7. The summed E-state index contributed by atoms with van der Waals surface area (Å²) in [6, 6.07) is 13.6. The lowest BCUT2D eigenvalue weighted by Crippen LogP contribution is -2.16. The van der Waals surface area contributed by atoms with Crippen LogP contribution in [0.3, 0.4) is 0 Å². The van der Waals surface area contributed by atoms with Crippen LogP contribution in [0.1, 0.15) is 25.3 Å². The largest absolute Gasteiger partial charge is 0.339 e. The molecule has 0 saturated heterocycles. The highest BCUT2D eigenvalue weighted by Gasteiger charge is 2.15. The van der Waals surface area contributed by atoms with Gasteiger partial charge in [-0.1, -0.05) is 32.0 Å². The van der Waals surface area contributed by atoms with Gasteiger partial charge in [-0.3, -0.25) is 9.52 Å². The van der Waals surface area contributed by atoms with E-state index in [0.29, 0.717) is 16.5 Å².